The minimum absolute atomic E-state index is 0.220. The van der Waals surface area contributed by atoms with E-state index >= 15 is 0 Å². The van der Waals surface area contributed by atoms with Crippen molar-refractivity contribution in [3.05, 3.63) is 34.9 Å². The van der Waals surface area contributed by atoms with E-state index in [9.17, 15) is 4.79 Å². The van der Waals surface area contributed by atoms with Gasteiger partial charge in [0.25, 0.3) is 0 Å². The van der Waals surface area contributed by atoms with Crippen LogP contribution in [0.2, 0.25) is 5.02 Å². The first-order valence-corrected chi connectivity index (χ1v) is 5.73. The van der Waals surface area contributed by atoms with Crippen molar-refractivity contribution < 1.29 is 9.90 Å². The van der Waals surface area contributed by atoms with Gasteiger partial charge in [0.05, 0.1) is 5.92 Å². The molecule has 1 N–H and O–H groups in total. The lowest BCUT2D eigenvalue weighted by Crippen LogP contribution is -2.22. The fraction of sp³-hybridized carbons (Fsp3) is 0.417. The third kappa shape index (κ3) is 2.54. The van der Waals surface area contributed by atoms with Crippen LogP contribution >= 0.6 is 11.6 Å². The quantitative estimate of drug-likeness (QED) is 0.880. The van der Waals surface area contributed by atoms with Gasteiger partial charge in [-0.2, -0.15) is 0 Å². The third-order valence-corrected chi connectivity index (χ3v) is 3.34. The number of likely N-dealkylation sites (tertiary alicyclic amines) is 1. The van der Waals surface area contributed by atoms with E-state index < -0.39 is 5.97 Å². The predicted molar refractivity (Wildman–Crippen MR) is 62.5 cm³/mol. The summed E-state index contributed by atoms with van der Waals surface area (Å²) in [5, 5.41) is 9.65. The largest absolute Gasteiger partial charge is 0.481 e. The second-order valence-electron chi connectivity index (χ2n) is 4.15. The number of aliphatic carboxylic acids is 1. The van der Waals surface area contributed by atoms with E-state index in [1.807, 2.05) is 24.3 Å². The highest BCUT2D eigenvalue weighted by Crippen LogP contribution is 2.22. The van der Waals surface area contributed by atoms with Crippen molar-refractivity contribution in [2.75, 3.05) is 13.1 Å². The molecule has 1 fully saturated rings. The van der Waals surface area contributed by atoms with Crippen LogP contribution in [0.1, 0.15) is 12.0 Å². The fourth-order valence-corrected chi connectivity index (χ4v) is 2.24. The van der Waals surface area contributed by atoms with Crippen LogP contribution in [-0.2, 0) is 11.3 Å². The highest BCUT2D eigenvalue weighted by atomic mass is 35.5. The molecule has 0 saturated carbocycles. The Morgan fingerprint density at radius 1 is 1.50 bits per heavy atom. The molecule has 86 valence electrons. The number of rotatable bonds is 3. The van der Waals surface area contributed by atoms with Crippen LogP contribution in [0, 0.1) is 5.92 Å². The van der Waals surface area contributed by atoms with Gasteiger partial charge in [-0.1, -0.05) is 29.8 Å². The Hall–Kier alpha value is -1.06. The fourth-order valence-electron chi connectivity index (χ4n) is 2.05. The Balaban J connectivity index is 1.97. The molecule has 1 saturated heterocycles. The van der Waals surface area contributed by atoms with Crippen molar-refractivity contribution in [1.82, 2.24) is 4.90 Å². The van der Waals surface area contributed by atoms with Gasteiger partial charge >= 0.3 is 5.97 Å². The van der Waals surface area contributed by atoms with E-state index in [1.165, 1.54) is 0 Å². The normalized spacial score (nSPS) is 21.2. The standard InChI is InChI=1S/C12H14ClNO2/c13-11-4-2-1-3-9(11)7-14-6-5-10(8-14)12(15)16/h1-4,10H,5-8H2,(H,15,16)/t10-/m0/s1. The first-order chi connectivity index (χ1) is 7.66. The molecule has 4 heteroatoms. The van der Waals surface area contributed by atoms with Gasteiger partial charge in [0, 0.05) is 18.1 Å². The van der Waals surface area contributed by atoms with Crippen LogP contribution in [-0.4, -0.2) is 29.1 Å². The van der Waals surface area contributed by atoms with Crippen LogP contribution in [0.5, 0.6) is 0 Å². The van der Waals surface area contributed by atoms with E-state index in [0.29, 0.717) is 6.54 Å². The van der Waals surface area contributed by atoms with Crippen LogP contribution in [0.4, 0.5) is 0 Å². The molecule has 3 nitrogen and oxygen atoms in total. The predicted octanol–water partition coefficient (Wildman–Crippen LogP) is 2.25. The minimum atomic E-state index is -0.693. The summed E-state index contributed by atoms with van der Waals surface area (Å²) >= 11 is 6.06. The molecule has 0 bridgehead atoms. The van der Waals surface area contributed by atoms with Gasteiger partial charge in [-0.3, -0.25) is 9.69 Å². The Labute approximate surface area is 99.6 Å². The maximum absolute atomic E-state index is 10.8. The number of carboxylic acids is 1. The Bertz CT molecular complexity index is 394. The molecule has 0 radical (unpaired) electrons. The van der Waals surface area contributed by atoms with Gasteiger partial charge in [-0.25, -0.2) is 0 Å². The van der Waals surface area contributed by atoms with Gasteiger partial charge in [-0.15, -0.1) is 0 Å². The molecular weight excluding hydrogens is 226 g/mol. The molecule has 1 aliphatic rings. The first-order valence-electron chi connectivity index (χ1n) is 5.35. The lowest BCUT2D eigenvalue weighted by atomic mass is 10.1. The SMILES string of the molecule is O=C(O)[C@H]1CCN(Cc2ccccc2Cl)C1. The summed E-state index contributed by atoms with van der Waals surface area (Å²) in [5.41, 5.74) is 1.07. The molecule has 2 rings (SSSR count). The zero-order valence-corrected chi connectivity index (χ0v) is 9.65. The van der Waals surface area contributed by atoms with Gasteiger partial charge in [0.2, 0.25) is 0 Å². The lowest BCUT2D eigenvalue weighted by molar-refractivity contribution is -0.141. The Morgan fingerprint density at radius 3 is 2.88 bits per heavy atom. The molecule has 1 heterocycles. The summed E-state index contributed by atoms with van der Waals surface area (Å²) in [5.74, 6) is -0.913. The molecule has 0 aromatic heterocycles. The molecule has 1 atom stereocenters. The van der Waals surface area contributed by atoms with E-state index in [1.54, 1.807) is 0 Å². The van der Waals surface area contributed by atoms with Crippen LogP contribution in [0.25, 0.3) is 0 Å². The lowest BCUT2D eigenvalue weighted by Gasteiger charge is -2.15. The molecule has 1 aromatic rings. The van der Waals surface area contributed by atoms with E-state index in [4.69, 9.17) is 16.7 Å². The van der Waals surface area contributed by atoms with Gasteiger partial charge in [0.1, 0.15) is 0 Å². The summed E-state index contributed by atoms with van der Waals surface area (Å²) in [6.45, 7) is 2.20. The summed E-state index contributed by atoms with van der Waals surface area (Å²) < 4.78 is 0. The molecule has 1 aromatic carbocycles. The molecule has 16 heavy (non-hydrogen) atoms. The number of nitrogens with zero attached hydrogens (tertiary/aromatic N) is 1. The van der Waals surface area contributed by atoms with E-state index in [2.05, 4.69) is 4.90 Å². The summed E-state index contributed by atoms with van der Waals surface area (Å²) in [4.78, 5) is 13.0. The summed E-state index contributed by atoms with van der Waals surface area (Å²) in [6.07, 6.45) is 0.736. The maximum Gasteiger partial charge on any atom is 0.307 e. The van der Waals surface area contributed by atoms with Crippen molar-refractivity contribution in [2.24, 2.45) is 5.92 Å². The zero-order valence-electron chi connectivity index (χ0n) is 8.90. The van der Waals surface area contributed by atoms with Crippen LogP contribution in [0.15, 0.2) is 24.3 Å². The summed E-state index contributed by atoms with van der Waals surface area (Å²) in [6, 6.07) is 7.69. The number of halogens is 1. The highest BCUT2D eigenvalue weighted by molar-refractivity contribution is 6.31. The molecule has 0 amide bonds. The zero-order chi connectivity index (χ0) is 11.5. The van der Waals surface area contributed by atoms with Crippen molar-refractivity contribution in [3.63, 3.8) is 0 Å². The van der Waals surface area contributed by atoms with Gasteiger partial charge in [-0.05, 0) is 24.6 Å². The van der Waals surface area contributed by atoms with Crippen molar-refractivity contribution in [3.8, 4) is 0 Å². The van der Waals surface area contributed by atoms with Crippen LogP contribution in [0.3, 0.4) is 0 Å². The number of carboxylic acid groups (broad SMARTS) is 1. The smallest absolute Gasteiger partial charge is 0.307 e. The van der Waals surface area contributed by atoms with E-state index in [0.717, 1.165) is 30.1 Å². The van der Waals surface area contributed by atoms with E-state index in [-0.39, 0.29) is 5.92 Å². The molecule has 1 aliphatic heterocycles. The van der Waals surface area contributed by atoms with Gasteiger partial charge < -0.3 is 5.11 Å². The highest BCUT2D eigenvalue weighted by Gasteiger charge is 2.27. The summed E-state index contributed by atoms with van der Waals surface area (Å²) in [7, 11) is 0. The second-order valence-corrected chi connectivity index (χ2v) is 4.56. The number of hydrogen-bond donors (Lipinski definition) is 1. The molecule has 0 spiro atoms. The van der Waals surface area contributed by atoms with Gasteiger partial charge in [0.15, 0.2) is 0 Å². The molecular formula is C12H14ClNO2. The van der Waals surface area contributed by atoms with Crippen molar-refractivity contribution in [2.45, 2.75) is 13.0 Å². The Kier molecular flexibility index (Phi) is 3.46. The monoisotopic (exact) mass is 239 g/mol. The van der Waals surface area contributed by atoms with Crippen molar-refractivity contribution in [1.29, 1.82) is 0 Å². The topological polar surface area (TPSA) is 40.5 Å². The van der Waals surface area contributed by atoms with Crippen molar-refractivity contribution >= 4 is 17.6 Å². The number of hydrogen-bond acceptors (Lipinski definition) is 2. The minimum Gasteiger partial charge on any atom is -0.481 e. The molecule has 0 unspecified atom stereocenters. The average molecular weight is 240 g/mol. The Morgan fingerprint density at radius 2 is 2.25 bits per heavy atom. The van der Waals surface area contributed by atoms with Crippen LogP contribution < -0.4 is 0 Å². The third-order valence-electron chi connectivity index (χ3n) is 2.97. The maximum atomic E-state index is 10.8. The number of benzene rings is 1. The average Bonchev–Trinajstić information content (AvgIpc) is 2.70. The second kappa shape index (κ2) is 4.85. The molecule has 0 aliphatic carbocycles. The first kappa shape index (κ1) is 11.4. The number of carbonyl (C=O) groups is 1.